The maximum Gasteiger partial charge on any atom is 0.226 e. The Morgan fingerprint density at radius 2 is 2.04 bits per heavy atom. The second-order valence-corrected chi connectivity index (χ2v) is 6.64. The molecule has 0 saturated heterocycles. The fraction of sp³-hybridized carbons (Fsp3) is 0.438. The molecule has 0 spiro atoms. The first-order chi connectivity index (χ1) is 11.0. The van der Waals surface area contributed by atoms with Crippen LogP contribution in [0.4, 0.5) is 0 Å². The second-order valence-electron chi connectivity index (χ2n) is 5.82. The first kappa shape index (κ1) is 16.3. The van der Waals surface area contributed by atoms with Crippen molar-refractivity contribution in [1.29, 1.82) is 0 Å². The predicted molar refractivity (Wildman–Crippen MR) is 89.5 cm³/mol. The molecule has 1 saturated carbocycles. The van der Waals surface area contributed by atoms with Crippen molar-refractivity contribution in [2.75, 3.05) is 0 Å². The number of amides is 1. The molecule has 3 rings (SSSR count). The van der Waals surface area contributed by atoms with Gasteiger partial charge in [0.1, 0.15) is 0 Å². The molecule has 0 aliphatic heterocycles. The van der Waals surface area contributed by atoms with Gasteiger partial charge in [0.2, 0.25) is 5.91 Å². The lowest BCUT2D eigenvalue weighted by atomic mass is 9.71. The molecule has 2 aromatic rings. The van der Waals surface area contributed by atoms with Gasteiger partial charge in [-0.2, -0.15) is 0 Å². The first-order valence-electron chi connectivity index (χ1n) is 7.68. The smallest absolute Gasteiger partial charge is 0.226 e. The Morgan fingerprint density at radius 1 is 1.35 bits per heavy atom. The Bertz CT molecular complexity index is 704. The lowest BCUT2D eigenvalue weighted by molar-refractivity contribution is -0.123. The van der Waals surface area contributed by atoms with E-state index < -0.39 is 5.54 Å². The SMILES string of the molecule is CCn1cc(CC(=O)NC2(c3c(Cl)cccc3Cl)CCC2)nn1. The molecule has 1 aromatic carbocycles. The Hall–Kier alpha value is -1.59. The van der Waals surface area contributed by atoms with Gasteiger partial charge in [0, 0.05) is 28.4 Å². The number of benzene rings is 1. The molecule has 5 nitrogen and oxygen atoms in total. The molecule has 1 amide bonds. The average molecular weight is 353 g/mol. The van der Waals surface area contributed by atoms with Crippen molar-refractivity contribution >= 4 is 29.1 Å². The molecule has 1 heterocycles. The van der Waals surface area contributed by atoms with E-state index in [1.54, 1.807) is 10.9 Å². The molecule has 1 aliphatic carbocycles. The van der Waals surface area contributed by atoms with E-state index in [2.05, 4.69) is 15.6 Å². The van der Waals surface area contributed by atoms with Gasteiger partial charge in [-0.05, 0) is 38.3 Å². The molecule has 0 unspecified atom stereocenters. The Labute approximate surface area is 145 Å². The van der Waals surface area contributed by atoms with Crippen molar-refractivity contribution in [2.24, 2.45) is 0 Å². The van der Waals surface area contributed by atoms with Gasteiger partial charge >= 0.3 is 0 Å². The summed E-state index contributed by atoms with van der Waals surface area (Å²) in [6, 6.07) is 5.43. The summed E-state index contributed by atoms with van der Waals surface area (Å²) < 4.78 is 1.70. The molecular weight excluding hydrogens is 335 g/mol. The van der Waals surface area contributed by atoms with Crippen LogP contribution >= 0.6 is 23.2 Å². The molecule has 0 bridgehead atoms. The maximum absolute atomic E-state index is 12.4. The minimum Gasteiger partial charge on any atom is -0.346 e. The summed E-state index contributed by atoms with van der Waals surface area (Å²) in [6.45, 7) is 2.70. The normalized spacial score (nSPS) is 16.0. The minimum atomic E-state index is -0.465. The summed E-state index contributed by atoms with van der Waals surface area (Å²) >= 11 is 12.7. The van der Waals surface area contributed by atoms with E-state index in [9.17, 15) is 4.79 Å². The van der Waals surface area contributed by atoms with E-state index in [1.165, 1.54) is 0 Å². The highest BCUT2D eigenvalue weighted by molar-refractivity contribution is 6.36. The number of rotatable bonds is 5. The van der Waals surface area contributed by atoms with Crippen LogP contribution in [0, 0.1) is 0 Å². The highest BCUT2D eigenvalue weighted by Gasteiger charge is 2.42. The summed E-state index contributed by atoms with van der Waals surface area (Å²) in [5.74, 6) is -0.0937. The third kappa shape index (κ3) is 3.21. The Morgan fingerprint density at radius 3 is 2.57 bits per heavy atom. The number of aryl methyl sites for hydroxylation is 1. The van der Waals surface area contributed by atoms with E-state index in [1.807, 2.05) is 25.1 Å². The van der Waals surface area contributed by atoms with Crippen LogP contribution in [0.2, 0.25) is 10.0 Å². The van der Waals surface area contributed by atoms with Crippen LogP contribution in [-0.4, -0.2) is 20.9 Å². The van der Waals surface area contributed by atoms with Gasteiger partial charge in [-0.25, -0.2) is 0 Å². The molecular formula is C16H18Cl2N4O. The standard InChI is InChI=1S/C16H18Cl2N4O/c1-2-22-10-11(20-21-22)9-14(23)19-16(7-4-8-16)15-12(17)5-3-6-13(15)18/h3,5-6,10H,2,4,7-9H2,1H3,(H,19,23). The number of carbonyl (C=O) groups is 1. The van der Waals surface area contributed by atoms with Crippen LogP contribution in [0.1, 0.15) is 37.4 Å². The highest BCUT2D eigenvalue weighted by atomic mass is 35.5. The molecule has 23 heavy (non-hydrogen) atoms. The number of carbonyl (C=O) groups excluding carboxylic acids is 1. The lowest BCUT2D eigenvalue weighted by Crippen LogP contribution is -2.51. The Balaban J connectivity index is 1.77. The maximum atomic E-state index is 12.4. The number of aromatic nitrogens is 3. The van der Waals surface area contributed by atoms with Crippen molar-refractivity contribution < 1.29 is 4.79 Å². The van der Waals surface area contributed by atoms with E-state index in [0.29, 0.717) is 15.7 Å². The number of halogens is 2. The molecule has 1 N–H and O–H groups in total. The van der Waals surface area contributed by atoms with Crippen molar-refractivity contribution in [2.45, 2.75) is 44.7 Å². The van der Waals surface area contributed by atoms with Gasteiger partial charge < -0.3 is 5.32 Å². The average Bonchev–Trinajstić information content (AvgIpc) is 2.91. The summed E-state index contributed by atoms with van der Waals surface area (Å²) in [4.78, 5) is 12.4. The third-order valence-corrected chi connectivity index (χ3v) is 4.91. The second kappa shape index (κ2) is 6.49. The number of hydrogen-bond donors (Lipinski definition) is 1. The van der Waals surface area contributed by atoms with Crippen LogP contribution in [0.3, 0.4) is 0 Å². The van der Waals surface area contributed by atoms with Gasteiger partial charge in [-0.3, -0.25) is 9.48 Å². The zero-order valence-corrected chi connectivity index (χ0v) is 14.4. The van der Waals surface area contributed by atoms with Gasteiger partial charge in [0.05, 0.1) is 17.7 Å². The van der Waals surface area contributed by atoms with E-state index >= 15 is 0 Å². The van der Waals surface area contributed by atoms with Crippen LogP contribution in [0.5, 0.6) is 0 Å². The van der Waals surface area contributed by atoms with Gasteiger partial charge in [0.15, 0.2) is 0 Å². The molecule has 1 aliphatic rings. The van der Waals surface area contributed by atoms with Gasteiger partial charge in [-0.1, -0.05) is 34.5 Å². The number of hydrogen-bond acceptors (Lipinski definition) is 3. The van der Waals surface area contributed by atoms with Crippen molar-refractivity contribution in [3.63, 3.8) is 0 Å². The Kier molecular flexibility index (Phi) is 4.60. The summed E-state index contributed by atoms with van der Waals surface area (Å²) in [6.07, 6.45) is 4.70. The zero-order chi connectivity index (χ0) is 16.4. The van der Waals surface area contributed by atoms with Crippen LogP contribution < -0.4 is 5.32 Å². The summed E-state index contributed by atoms with van der Waals surface area (Å²) in [5.41, 5.74) is 1.01. The number of nitrogens with one attached hydrogen (secondary N) is 1. The monoisotopic (exact) mass is 352 g/mol. The van der Waals surface area contributed by atoms with Crippen molar-refractivity contribution in [3.05, 3.63) is 45.7 Å². The van der Waals surface area contributed by atoms with Crippen molar-refractivity contribution in [3.8, 4) is 0 Å². The molecule has 7 heteroatoms. The largest absolute Gasteiger partial charge is 0.346 e. The minimum absolute atomic E-state index is 0.0937. The predicted octanol–water partition coefficient (Wildman–Crippen LogP) is 3.34. The van der Waals surface area contributed by atoms with Gasteiger partial charge in [-0.15, -0.1) is 5.10 Å². The number of nitrogens with zero attached hydrogens (tertiary/aromatic N) is 3. The quantitative estimate of drug-likeness (QED) is 0.897. The molecule has 0 radical (unpaired) electrons. The fourth-order valence-corrected chi connectivity index (χ4v) is 3.73. The first-order valence-corrected chi connectivity index (χ1v) is 8.44. The molecule has 1 aromatic heterocycles. The zero-order valence-electron chi connectivity index (χ0n) is 12.9. The van der Waals surface area contributed by atoms with E-state index in [4.69, 9.17) is 23.2 Å². The summed E-state index contributed by atoms with van der Waals surface area (Å²) in [5, 5.41) is 12.3. The van der Waals surface area contributed by atoms with Gasteiger partial charge in [0.25, 0.3) is 0 Å². The van der Waals surface area contributed by atoms with Crippen LogP contribution in [0.15, 0.2) is 24.4 Å². The highest BCUT2D eigenvalue weighted by Crippen LogP contribution is 2.46. The molecule has 122 valence electrons. The topological polar surface area (TPSA) is 59.8 Å². The molecule has 1 fully saturated rings. The van der Waals surface area contributed by atoms with E-state index in [0.717, 1.165) is 31.4 Å². The molecule has 0 atom stereocenters. The third-order valence-electron chi connectivity index (χ3n) is 4.28. The lowest BCUT2D eigenvalue weighted by Gasteiger charge is -2.44. The summed E-state index contributed by atoms with van der Waals surface area (Å²) in [7, 11) is 0. The van der Waals surface area contributed by atoms with Crippen LogP contribution in [0.25, 0.3) is 0 Å². The van der Waals surface area contributed by atoms with Crippen molar-refractivity contribution in [1.82, 2.24) is 20.3 Å². The van der Waals surface area contributed by atoms with E-state index in [-0.39, 0.29) is 12.3 Å². The fourth-order valence-electron chi connectivity index (χ4n) is 2.97. The van der Waals surface area contributed by atoms with Crippen LogP contribution in [-0.2, 0) is 23.3 Å².